The van der Waals surface area contributed by atoms with Crippen molar-refractivity contribution >= 4 is 36.5 Å². The zero-order chi connectivity index (χ0) is 8.97. The number of ether oxygens (including phenoxy) is 1. The van der Waals surface area contributed by atoms with E-state index in [1.165, 1.54) is 0 Å². The number of hydrogen-bond donors (Lipinski definition) is 0. The molecule has 0 aliphatic rings. The van der Waals surface area contributed by atoms with Crippen LogP contribution in [0.25, 0.3) is 0 Å². The minimum atomic E-state index is 0.113. The third-order valence-corrected chi connectivity index (χ3v) is 1.66. The first-order valence-corrected chi connectivity index (χ1v) is 4.03. The van der Waals surface area contributed by atoms with Gasteiger partial charge >= 0.3 is 0 Å². The van der Waals surface area contributed by atoms with Gasteiger partial charge in [0, 0.05) is 0 Å². The second kappa shape index (κ2) is 4.44. The van der Waals surface area contributed by atoms with E-state index in [4.69, 9.17) is 35.8 Å². The van der Waals surface area contributed by atoms with Gasteiger partial charge in [-0.2, -0.15) is 0 Å². The first-order valence-electron chi connectivity index (χ1n) is 3.21. The molecule has 0 saturated heterocycles. The van der Waals surface area contributed by atoms with Gasteiger partial charge in [-0.15, -0.1) is 0 Å². The zero-order valence-electron chi connectivity index (χ0n) is 6.13. The SMILES string of the molecule is [B]c1cccc(O/C(Cl)=C\Cl)c1. The van der Waals surface area contributed by atoms with E-state index < -0.39 is 0 Å². The largest absolute Gasteiger partial charge is 0.444 e. The highest BCUT2D eigenvalue weighted by atomic mass is 35.5. The Morgan fingerprint density at radius 3 is 2.83 bits per heavy atom. The van der Waals surface area contributed by atoms with Gasteiger partial charge < -0.3 is 4.74 Å². The molecule has 0 aliphatic heterocycles. The average Bonchev–Trinajstić information content (AvgIpc) is 2.04. The van der Waals surface area contributed by atoms with E-state index in [9.17, 15) is 0 Å². The van der Waals surface area contributed by atoms with Crippen molar-refractivity contribution in [3.8, 4) is 5.75 Å². The van der Waals surface area contributed by atoms with Crippen LogP contribution in [0, 0.1) is 0 Å². The summed E-state index contributed by atoms with van der Waals surface area (Å²) in [6.07, 6.45) is 0. The summed E-state index contributed by atoms with van der Waals surface area (Å²) < 4.78 is 5.06. The van der Waals surface area contributed by atoms with Crippen LogP contribution in [0.15, 0.2) is 35.0 Å². The predicted molar refractivity (Wildman–Crippen MR) is 52.2 cm³/mol. The molecule has 60 valence electrons. The Kier molecular flexibility index (Phi) is 3.51. The summed E-state index contributed by atoms with van der Waals surface area (Å²) in [5.74, 6) is 0.567. The molecule has 0 aromatic heterocycles. The molecule has 0 aliphatic carbocycles. The molecule has 0 amide bonds. The Balaban J connectivity index is 2.76. The second-order valence-corrected chi connectivity index (χ2v) is 2.68. The van der Waals surface area contributed by atoms with Crippen LogP contribution >= 0.6 is 23.2 Å². The molecule has 0 N–H and O–H groups in total. The maximum atomic E-state index is 5.52. The molecular formula is C8H5BCl2O. The molecule has 0 spiro atoms. The molecule has 0 fully saturated rings. The normalized spacial score (nSPS) is 11.3. The smallest absolute Gasteiger partial charge is 0.205 e. The van der Waals surface area contributed by atoms with E-state index in [-0.39, 0.29) is 5.22 Å². The van der Waals surface area contributed by atoms with Crippen LogP contribution < -0.4 is 10.2 Å². The Morgan fingerprint density at radius 1 is 1.50 bits per heavy atom. The fourth-order valence-electron chi connectivity index (χ4n) is 0.713. The Morgan fingerprint density at radius 2 is 2.25 bits per heavy atom. The highest BCUT2D eigenvalue weighted by Crippen LogP contribution is 2.14. The summed E-state index contributed by atoms with van der Waals surface area (Å²) in [6, 6.07) is 6.91. The van der Waals surface area contributed by atoms with Crippen LogP contribution in [0.1, 0.15) is 0 Å². The molecule has 1 rings (SSSR count). The van der Waals surface area contributed by atoms with Crippen molar-refractivity contribution in [3.05, 3.63) is 35.0 Å². The van der Waals surface area contributed by atoms with Crippen LogP contribution in [0.5, 0.6) is 5.75 Å². The van der Waals surface area contributed by atoms with Crippen molar-refractivity contribution in [1.82, 2.24) is 0 Å². The molecule has 4 heteroatoms. The number of halogens is 2. The van der Waals surface area contributed by atoms with Crippen LogP contribution in [0.3, 0.4) is 0 Å². The van der Waals surface area contributed by atoms with E-state index in [0.717, 1.165) is 5.54 Å². The predicted octanol–water partition coefficient (Wildman–Crippen LogP) is 2.14. The lowest BCUT2D eigenvalue weighted by Gasteiger charge is -2.02. The first kappa shape index (κ1) is 9.49. The van der Waals surface area contributed by atoms with Gasteiger partial charge in [0.25, 0.3) is 0 Å². The first-order chi connectivity index (χ1) is 5.72. The average molecular weight is 199 g/mol. The molecule has 0 heterocycles. The number of benzene rings is 1. The standard InChI is InChI=1S/C8H5BCl2O/c9-6-2-1-3-7(4-6)12-8(11)5-10/h1-5H/b8-5-. The van der Waals surface area contributed by atoms with Gasteiger partial charge in [0.05, 0.1) is 5.54 Å². The van der Waals surface area contributed by atoms with Crippen molar-refractivity contribution in [2.24, 2.45) is 0 Å². The van der Waals surface area contributed by atoms with Crippen LogP contribution in [-0.4, -0.2) is 7.85 Å². The van der Waals surface area contributed by atoms with Gasteiger partial charge in [-0.1, -0.05) is 29.2 Å². The van der Waals surface area contributed by atoms with Crippen molar-refractivity contribution in [3.63, 3.8) is 0 Å². The highest BCUT2D eigenvalue weighted by molar-refractivity contribution is 6.35. The van der Waals surface area contributed by atoms with Crippen molar-refractivity contribution in [2.75, 3.05) is 0 Å². The Bertz CT molecular complexity index is 299. The molecule has 0 atom stereocenters. The van der Waals surface area contributed by atoms with Crippen LogP contribution in [-0.2, 0) is 0 Å². The van der Waals surface area contributed by atoms with Gasteiger partial charge in [-0.3, -0.25) is 0 Å². The lowest BCUT2D eigenvalue weighted by atomic mass is 9.96. The summed E-state index contributed by atoms with van der Waals surface area (Å²) in [7, 11) is 5.50. The molecular weight excluding hydrogens is 194 g/mol. The molecule has 0 unspecified atom stereocenters. The minimum Gasteiger partial charge on any atom is -0.444 e. The molecule has 2 radical (unpaired) electrons. The summed E-state index contributed by atoms with van der Waals surface area (Å²) >= 11 is 10.8. The molecule has 12 heavy (non-hydrogen) atoms. The minimum absolute atomic E-state index is 0.113. The number of rotatable bonds is 2. The van der Waals surface area contributed by atoms with Gasteiger partial charge in [-0.05, 0) is 23.7 Å². The van der Waals surface area contributed by atoms with Crippen LogP contribution in [0.4, 0.5) is 0 Å². The van der Waals surface area contributed by atoms with Crippen molar-refractivity contribution in [2.45, 2.75) is 0 Å². The lowest BCUT2D eigenvalue weighted by molar-refractivity contribution is 0.464. The zero-order valence-corrected chi connectivity index (χ0v) is 7.64. The van der Waals surface area contributed by atoms with Gasteiger partial charge in [0.2, 0.25) is 5.22 Å². The Labute approximate surface area is 82.3 Å². The monoisotopic (exact) mass is 198 g/mol. The molecule has 0 bridgehead atoms. The third-order valence-electron chi connectivity index (χ3n) is 1.16. The van der Waals surface area contributed by atoms with E-state index >= 15 is 0 Å². The maximum absolute atomic E-state index is 5.52. The molecule has 1 aromatic carbocycles. The molecule has 1 nitrogen and oxygen atoms in total. The van der Waals surface area contributed by atoms with Crippen molar-refractivity contribution in [1.29, 1.82) is 0 Å². The van der Waals surface area contributed by atoms with Gasteiger partial charge in [0.15, 0.2) is 0 Å². The Hall–Kier alpha value is -0.595. The van der Waals surface area contributed by atoms with Gasteiger partial charge in [-0.25, -0.2) is 0 Å². The van der Waals surface area contributed by atoms with Crippen molar-refractivity contribution < 1.29 is 4.74 Å². The van der Waals surface area contributed by atoms with E-state index in [1.54, 1.807) is 24.3 Å². The maximum Gasteiger partial charge on any atom is 0.205 e. The topological polar surface area (TPSA) is 9.23 Å². The lowest BCUT2D eigenvalue weighted by Crippen LogP contribution is -2.01. The fraction of sp³-hybridized carbons (Fsp3) is 0. The summed E-state index contributed by atoms with van der Waals surface area (Å²) in [4.78, 5) is 0. The van der Waals surface area contributed by atoms with E-state index in [2.05, 4.69) is 0 Å². The summed E-state index contributed by atoms with van der Waals surface area (Å²) in [5.41, 5.74) is 1.76. The highest BCUT2D eigenvalue weighted by Gasteiger charge is 1.95. The second-order valence-electron chi connectivity index (χ2n) is 2.09. The van der Waals surface area contributed by atoms with E-state index in [0.29, 0.717) is 11.2 Å². The van der Waals surface area contributed by atoms with Gasteiger partial charge in [0.1, 0.15) is 13.6 Å². The van der Waals surface area contributed by atoms with E-state index in [1.807, 2.05) is 0 Å². The number of hydrogen-bond acceptors (Lipinski definition) is 1. The summed E-state index contributed by atoms with van der Waals surface area (Å²) in [6.45, 7) is 0. The third kappa shape index (κ3) is 2.80. The van der Waals surface area contributed by atoms with Crippen LogP contribution in [0.2, 0.25) is 0 Å². The fourth-order valence-corrected chi connectivity index (χ4v) is 0.847. The molecule has 0 saturated carbocycles. The quantitative estimate of drug-likeness (QED) is 0.523. The molecule has 1 aromatic rings. The summed E-state index contributed by atoms with van der Waals surface area (Å²) in [5, 5.41) is 0.113.